The molecule has 0 aliphatic carbocycles. The van der Waals surface area contributed by atoms with Gasteiger partial charge in [0.2, 0.25) is 0 Å². The van der Waals surface area contributed by atoms with Crippen LogP contribution in [0.25, 0.3) is 0 Å². The van der Waals surface area contributed by atoms with Gasteiger partial charge in [0.1, 0.15) is 5.75 Å². The van der Waals surface area contributed by atoms with E-state index in [1.807, 2.05) is 13.0 Å². The molecule has 1 aliphatic heterocycles. The van der Waals surface area contributed by atoms with Gasteiger partial charge >= 0.3 is 0 Å². The monoisotopic (exact) mass is 234 g/mol. The number of hydrogen-bond donors (Lipinski definition) is 2. The summed E-state index contributed by atoms with van der Waals surface area (Å²) < 4.78 is 0. The molecule has 1 heterocycles. The predicted molar refractivity (Wildman–Crippen MR) is 70.1 cm³/mol. The highest BCUT2D eigenvalue weighted by Gasteiger charge is 2.22. The van der Waals surface area contributed by atoms with Crippen LogP contribution in [0.4, 0.5) is 0 Å². The fourth-order valence-electron chi connectivity index (χ4n) is 2.66. The van der Waals surface area contributed by atoms with Crippen molar-refractivity contribution in [3.8, 4) is 5.75 Å². The predicted octanol–water partition coefficient (Wildman–Crippen LogP) is 2.19. The molecule has 1 aromatic rings. The second-order valence-corrected chi connectivity index (χ2v) is 4.88. The molecule has 0 saturated carbocycles. The highest BCUT2D eigenvalue weighted by molar-refractivity contribution is 5.36. The van der Waals surface area contributed by atoms with Gasteiger partial charge in [-0.15, -0.1) is 0 Å². The molecule has 3 N–H and O–H groups in total. The zero-order valence-electron chi connectivity index (χ0n) is 10.5. The van der Waals surface area contributed by atoms with E-state index in [0.717, 1.165) is 12.0 Å². The molecule has 1 atom stereocenters. The van der Waals surface area contributed by atoms with E-state index in [9.17, 15) is 5.11 Å². The third-order valence-corrected chi connectivity index (χ3v) is 3.63. The minimum Gasteiger partial charge on any atom is -0.508 e. The van der Waals surface area contributed by atoms with Crippen molar-refractivity contribution < 1.29 is 5.11 Å². The molecule has 94 valence electrons. The van der Waals surface area contributed by atoms with Crippen LogP contribution in [0.1, 0.15) is 36.4 Å². The summed E-state index contributed by atoms with van der Waals surface area (Å²) in [5.74, 6) is 0.377. The SMILES string of the molecule is Cc1cc(C(CCN)N2CCCC2)ccc1O. The van der Waals surface area contributed by atoms with Gasteiger partial charge in [-0.2, -0.15) is 0 Å². The van der Waals surface area contributed by atoms with Crippen LogP contribution in [-0.4, -0.2) is 29.6 Å². The minimum absolute atomic E-state index is 0.377. The summed E-state index contributed by atoms with van der Waals surface area (Å²) in [6.45, 7) is 5.00. The molecule has 3 heteroatoms. The van der Waals surface area contributed by atoms with Crippen molar-refractivity contribution in [2.45, 2.75) is 32.2 Å². The molecule has 17 heavy (non-hydrogen) atoms. The first-order valence-corrected chi connectivity index (χ1v) is 6.46. The molecule has 0 bridgehead atoms. The van der Waals surface area contributed by atoms with Crippen LogP contribution < -0.4 is 5.73 Å². The standard InChI is InChI=1S/C14H22N2O/c1-11-10-12(4-5-14(11)17)13(6-7-15)16-8-2-3-9-16/h4-5,10,13,17H,2-3,6-9,15H2,1H3. The normalized spacial score (nSPS) is 18.5. The Hall–Kier alpha value is -1.06. The zero-order chi connectivity index (χ0) is 12.3. The van der Waals surface area contributed by atoms with E-state index in [0.29, 0.717) is 18.3 Å². The van der Waals surface area contributed by atoms with Crippen LogP contribution in [-0.2, 0) is 0 Å². The van der Waals surface area contributed by atoms with Gasteiger partial charge in [-0.25, -0.2) is 0 Å². The molecular weight excluding hydrogens is 212 g/mol. The van der Waals surface area contributed by atoms with E-state index in [2.05, 4.69) is 11.0 Å². The van der Waals surface area contributed by atoms with E-state index in [-0.39, 0.29) is 0 Å². The second-order valence-electron chi connectivity index (χ2n) is 4.88. The maximum Gasteiger partial charge on any atom is 0.118 e. The number of phenolic OH excluding ortho intramolecular Hbond substituents is 1. The number of aryl methyl sites for hydroxylation is 1. The lowest BCUT2D eigenvalue weighted by molar-refractivity contribution is 0.236. The Morgan fingerprint density at radius 1 is 1.35 bits per heavy atom. The molecule has 1 fully saturated rings. The summed E-state index contributed by atoms with van der Waals surface area (Å²) in [4.78, 5) is 2.51. The van der Waals surface area contributed by atoms with Crippen molar-refractivity contribution in [1.29, 1.82) is 0 Å². The molecular formula is C14H22N2O. The van der Waals surface area contributed by atoms with Gasteiger partial charge in [0.25, 0.3) is 0 Å². The number of likely N-dealkylation sites (tertiary alicyclic amines) is 1. The molecule has 1 saturated heterocycles. The van der Waals surface area contributed by atoms with Gasteiger partial charge in [0, 0.05) is 6.04 Å². The highest BCUT2D eigenvalue weighted by Crippen LogP contribution is 2.30. The number of hydrogen-bond acceptors (Lipinski definition) is 3. The molecule has 0 spiro atoms. The number of phenols is 1. The van der Waals surface area contributed by atoms with Gasteiger partial charge in [-0.3, -0.25) is 4.90 Å². The first-order valence-electron chi connectivity index (χ1n) is 6.46. The lowest BCUT2D eigenvalue weighted by Gasteiger charge is -2.28. The number of aromatic hydroxyl groups is 1. The number of nitrogens with zero attached hydrogens (tertiary/aromatic N) is 1. The average molecular weight is 234 g/mol. The van der Waals surface area contributed by atoms with E-state index in [1.54, 1.807) is 6.07 Å². The molecule has 1 unspecified atom stereocenters. The molecule has 1 aromatic carbocycles. The molecule has 3 nitrogen and oxygen atoms in total. The fourth-order valence-corrected chi connectivity index (χ4v) is 2.66. The van der Waals surface area contributed by atoms with E-state index >= 15 is 0 Å². The van der Waals surface area contributed by atoms with Crippen LogP contribution in [0.15, 0.2) is 18.2 Å². The molecule has 0 amide bonds. The van der Waals surface area contributed by atoms with Gasteiger partial charge in [0.05, 0.1) is 0 Å². The number of benzene rings is 1. The molecule has 0 radical (unpaired) electrons. The molecule has 2 rings (SSSR count). The van der Waals surface area contributed by atoms with Crippen molar-refractivity contribution >= 4 is 0 Å². The van der Waals surface area contributed by atoms with Crippen molar-refractivity contribution in [2.75, 3.05) is 19.6 Å². The molecule has 1 aliphatic rings. The number of nitrogens with two attached hydrogens (primary N) is 1. The van der Waals surface area contributed by atoms with Gasteiger partial charge in [-0.1, -0.05) is 12.1 Å². The first kappa shape index (κ1) is 12.4. The van der Waals surface area contributed by atoms with Crippen LogP contribution in [0.2, 0.25) is 0 Å². The summed E-state index contributed by atoms with van der Waals surface area (Å²) in [7, 11) is 0. The summed E-state index contributed by atoms with van der Waals surface area (Å²) in [5, 5.41) is 9.58. The van der Waals surface area contributed by atoms with Crippen LogP contribution in [0, 0.1) is 6.92 Å². The summed E-state index contributed by atoms with van der Waals surface area (Å²) in [5.41, 5.74) is 7.96. The van der Waals surface area contributed by atoms with Gasteiger partial charge in [-0.05, 0) is 63.0 Å². The summed E-state index contributed by atoms with van der Waals surface area (Å²) >= 11 is 0. The number of rotatable bonds is 4. The van der Waals surface area contributed by atoms with E-state index in [4.69, 9.17) is 5.73 Å². The zero-order valence-corrected chi connectivity index (χ0v) is 10.5. The third kappa shape index (κ3) is 2.79. The Labute approximate surface area is 103 Å². The van der Waals surface area contributed by atoms with Crippen molar-refractivity contribution in [3.63, 3.8) is 0 Å². The van der Waals surface area contributed by atoms with Crippen LogP contribution in [0.5, 0.6) is 5.75 Å². The summed E-state index contributed by atoms with van der Waals surface area (Å²) in [6.07, 6.45) is 3.57. The largest absolute Gasteiger partial charge is 0.508 e. The Morgan fingerprint density at radius 3 is 2.65 bits per heavy atom. The minimum atomic E-state index is 0.377. The fraction of sp³-hybridized carbons (Fsp3) is 0.571. The Morgan fingerprint density at radius 2 is 2.06 bits per heavy atom. The van der Waals surface area contributed by atoms with Crippen molar-refractivity contribution in [3.05, 3.63) is 29.3 Å². The smallest absolute Gasteiger partial charge is 0.118 e. The third-order valence-electron chi connectivity index (χ3n) is 3.63. The quantitative estimate of drug-likeness (QED) is 0.839. The summed E-state index contributed by atoms with van der Waals surface area (Å²) in [6, 6.07) is 6.33. The lowest BCUT2D eigenvalue weighted by Crippen LogP contribution is -2.27. The molecule has 0 aromatic heterocycles. The van der Waals surface area contributed by atoms with Gasteiger partial charge < -0.3 is 10.8 Å². The van der Waals surface area contributed by atoms with Gasteiger partial charge in [0.15, 0.2) is 0 Å². The first-order chi connectivity index (χ1) is 8.22. The Balaban J connectivity index is 2.21. The topological polar surface area (TPSA) is 49.5 Å². The maximum atomic E-state index is 9.58. The highest BCUT2D eigenvalue weighted by atomic mass is 16.3. The van der Waals surface area contributed by atoms with Crippen LogP contribution in [0.3, 0.4) is 0 Å². The van der Waals surface area contributed by atoms with Crippen molar-refractivity contribution in [2.24, 2.45) is 5.73 Å². The second kappa shape index (κ2) is 5.52. The van der Waals surface area contributed by atoms with E-state index in [1.165, 1.54) is 31.5 Å². The lowest BCUT2D eigenvalue weighted by atomic mass is 10.00. The van der Waals surface area contributed by atoms with Crippen LogP contribution >= 0.6 is 0 Å². The Bertz CT molecular complexity index is 372. The average Bonchev–Trinajstić information content (AvgIpc) is 2.83. The maximum absolute atomic E-state index is 9.58. The van der Waals surface area contributed by atoms with E-state index < -0.39 is 0 Å². The van der Waals surface area contributed by atoms with Crippen molar-refractivity contribution in [1.82, 2.24) is 4.90 Å². The Kier molecular flexibility index (Phi) is 4.02.